The van der Waals surface area contributed by atoms with Crippen molar-refractivity contribution in [3.8, 4) is 0 Å². The van der Waals surface area contributed by atoms with Crippen LogP contribution in [0.1, 0.15) is 19.3 Å². The van der Waals surface area contributed by atoms with Gasteiger partial charge >= 0.3 is 0 Å². The van der Waals surface area contributed by atoms with Gasteiger partial charge in [-0.1, -0.05) is 6.42 Å². The Bertz CT molecular complexity index is 110. The Morgan fingerprint density at radius 2 is 2.33 bits per heavy atom. The molecule has 1 aliphatic rings. The van der Waals surface area contributed by atoms with Crippen LogP contribution in [-0.2, 0) is 4.79 Å². The van der Waals surface area contributed by atoms with Gasteiger partial charge in [-0.05, 0) is 12.8 Å². The molecule has 1 rings (SSSR count). The Labute approximate surface area is 54.6 Å². The van der Waals surface area contributed by atoms with Gasteiger partial charge in [0.05, 0.1) is 6.54 Å². The number of carbonyl (C=O) groups excluding carboxylic acids is 1. The van der Waals surface area contributed by atoms with Crippen LogP contribution >= 0.6 is 0 Å². The van der Waals surface area contributed by atoms with Crippen LogP contribution in [0.2, 0.25) is 0 Å². The summed E-state index contributed by atoms with van der Waals surface area (Å²) in [5, 5.41) is 3.04. The zero-order chi connectivity index (χ0) is 6.69. The van der Waals surface area contributed by atoms with Crippen LogP contribution in [-0.4, -0.2) is 18.5 Å². The molecule has 1 aliphatic carbocycles. The third kappa shape index (κ3) is 2.01. The lowest BCUT2D eigenvalue weighted by atomic mass is 9.93. The number of rotatable bonds is 3. The fourth-order valence-corrected chi connectivity index (χ4v) is 0.857. The summed E-state index contributed by atoms with van der Waals surface area (Å²) in [4.78, 5) is 10.2. The topological polar surface area (TPSA) is 55.1 Å². The van der Waals surface area contributed by atoms with Crippen LogP contribution in [0.5, 0.6) is 0 Å². The fraction of sp³-hybridized carbons (Fsp3) is 0.833. The van der Waals surface area contributed by atoms with Crippen molar-refractivity contribution in [2.75, 3.05) is 6.54 Å². The Morgan fingerprint density at radius 3 is 2.67 bits per heavy atom. The van der Waals surface area contributed by atoms with E-state index in [1.54, 1.807) is 0 Å². The highest BCUT2D eigenvalue weighted by atomic mass is 16.1. The average Bonchev–Trinajstić information content (AvgIpc) is 1.60. The predicted molar refractivity (Wildman–Crippen MR) is 34.8 cm³/mol. The molecular weight excluding hydrogens is 116 g/mol. The normalized spacial score (nSPS) is 19.1. The molecule has 9 heavy (non-hydrogen) atoms. The first kappa shape index (κ1) is 6.55. The first-order valence-electron chi connectivity index (χ1n) is 3.31. The zero-order valence-corrected chi connectivity index (χ0v) is 5.39. The van der Waals surface area contributed by atoms with E-state index in [0.29, 0.717) is 12.6 Å². The molecule has 1 amide bonds. The zero-order valence-electron chi connectivity index (χ0n) is 5.39. The molecule has 0 heterocycles. The van der Waals surface area contributed by atoms with E-state index in [9.17, 15) is 4.79 Å². The molecule has 0 spiro atoms. The molecule has 3 N–H and O–H groups in total. The van der Waals surface area contributed by atoms with E-state index in [2.05, 4.69) is 5.32 Å². The Hall–Kier alpha value is -0.570. The van der Waals surface area contributed by atoms with Gasteiger partial charge in [-0.2, -0.15) is 0 Å². The minimum atomic E-state index is -0.262. The lowest BCUT2D eigenvalue weighted by molar-refractivity contribution is -0.117. The number of hydrogen-bond donors (Lipinski definition) is 2. The molecule has 0 aliphatic heterocycles. The van der Waals surface area contributed by atoms with E-state index in [-0.39, 0.29) is 5.91 Å². The van der Waals surface area contributed by atoms with Crippen molar-refractivity contribution in [2.45, 2.75) is 25.3 Å². The predicted octanol–water partition coefficient (Wildman–Crippen LogP) is -0.386. The number of amides is 1. The fourth-order valence-electron chi connectivity index (χ4n) is 0.857. The Balaban J connectivity index is 1.97. The van der Waals surface area contributed by atoms with E-state index < -0.39 is 0 Å². The number of primary amides is 1. The van der Waals surface area contributed by atoms with Crippen LogP contribution in [0, 0.1) is 0 Å². The van der Waals surface area contributed by atoms with Crippen LogP contribution in [0.4, 0.5) is 0 Å². The number of carbonyl (C=O) groups is 1. The highest BCUT2D eigenvalue weighted by Crippen LogP contribution is 2.17. The number of nitrogens with two attached hydrogens (primary N) is 1. The standard InChI is InChI=1S/C6H12N2O/c7-6(9)4-8-5-2-1-3-5/h5,8H,1-4H2,(H2,7,9). The van der Waals surface area contributed by atoms with Crippen molar-refractivity contribution in [1.82, 2.24) is 5.32 Å². The van der Waals surface area contributed by atoms with E-state index in [1.807, 2.05) is 0 Å². The van der Waals surface area contributed by atoms with Gasteiger partial charge in [0.25, 0.3) is 0 Å². The molecule has 1 fully saturated rings. The van der Waals surface area contributed by atoms with Crippen molar-refractivity contribution < 1.29 is 4.79 Å². The van der Waals surface area contributed by atoms with Crippen molar-refractivity contribution in [3.63, 3.8) is 0 Å². The molecule has 52 valence electrons. The van der Waals surface area contributed by atoms with Gasteiger partial charge in [0.2, 0.25) is 5.91 Å². The quantitative estimate of drug-likeness (QED) is 0.544. The molecule has 0 radical (unpaired) electrons. The van der Waals surface area contributed by atoms with Crippen LogP contribution in [0.25, 0.3) is 0 Å². The minimum Gasteiger partial charge on any atom is -0.369 e. The lowest BCUT2D eigenvalue weighted by Crippen LogP contribution is -2.40. The van der Waals surface area contributed by atoms with E-state index in [1.165, 1.54) is 19.3 Å². The van der Waals surface area contributed by atoms with Gasteiger partial charge in [-0.15, -0.1) is 0 Å². The van der Waals surface area contributed by atoms with Gasteiger partial charge in [-0.3, -0.25) is 4.79 Å². The summed E-state index contributed by atoms with van der Waals surface area (Å²) in [5.41, 5.74) is 4.92. The highest BCUT2D eigenvalue weighted by Gasteiger charge is 2.16. The minimum absolute atomic E-state index is 0.262. The highest BCUT2D eigenvalue weighted by molar-refractivity contribution is 5.75. The third-order valence-corrected chi connectivity index (χ3v) is 1.67. The summed E-state index contributed by atoms with van der Waals surface area (Å²) in [6, 6.07) is 0.567. The summed E-state index contributed by atoms with van der Waals surface area (Å²) in [6.07, 6.45) is 3.69. The maximum Gasteiger partial charge on any atom is 0.231 e. The van der Waals surface area contributed by atoms with Gasteiger partial charge in [0, 0.05) is 6.04 Å². The maximum atomic E-state index is 10.2. The SMILES string of the molecule is NC(=O)CNC1CCC1. The maximum absolute atomic E-state index is 10.2. The third-order valence-electron chi connectivity index (χ3n) is 1.67. The molecule has 0 bridgehead atoms. The van der Waals surface area contributed by atoms with E-state index in [4.69, 9.17) is 5.73 Å². The first-order valence-corrected chi connectivity index (χ1v) is 3.31. The van der Waals surface area contributed by atoms with Gasteiger partial charge in [0.15, 0.2) is 0 Å². The summed E-state index contributed by atoms with van der Waals surface area (Å²) >= 11 is 0. The van der Waals surface area contributed by atoms with E-state index in [0.717, 1.165) is 0 Å². The van der Waals surface area contributed by atoms with Crippen molar-refractivity contribution in [2.24, 2.45) is 5.73 Å². The monoisotopic (exact) mass is 128 g/mol. The molecule has 0 aromatic carbocycles. The summed E-state index contributed by atoms with van der Waals surface area (Å²) in [7, 11) is 0. The molecule has 0 atom stereocenters. The molecule has 1 saturated carbocycles. The van der Waals surface area contributed by atoms with Crippen LogP contribution in [0.3, 0.4) is 0 Å². The molecule has 0 unspecified atom stereocenters. The first-order chi connectivity index (χ1) is 4.29. The second kappa shape index (κ2) is 2.82. The second-order valence-electron chi connectivity index (χ2n) is 2.48. The van der Waals surface area contributed by atoms with Gasteiger partial charge < -0.3 is 11.1 Å². The van der Waals surface area contributed by atoms with Gasteiger partial charge in [0.1, 0.15) is 0 Å². The van der Waals surface area contributed by atoms with Crippen molar-refractivity contribution >= 4 is 5.91 Å². The lowest BCUT2D eigenvalue weighted by Gasteiger charge is -2.25. The molecule has 3 heteroatoms. The summed E-state index contributed by atoms with van der Waals surface area (Å²) in [6.45, 7) is 0.338. The largest absolute Gasteiger partial charge is 0.369 e. The number of hydrogen-bond acceptors (Lipinski definition) is 2. The van der Waals surface area contributed by atoms with E-state index >= 15 is 0 Å². The van der Waals surface area contributed by atoms with Crippen LogP contribution < -0.4 is 11.1 Å². The second-order valence-corrected chi connectivity index (χ2v) is 2.48. The molecule has 0 aromatic heterocycles. The summed E-state index contributed by atoms with van der Waals surface area (Å²) < 4.78 is 0. The Kier molecular flexibility index (Phi) is 2.05. The molecular formula is C6H12N2O. The summed E-state index contributed by atoms with van der Waals surface area (Å²) in [5.74, 6) is -0.262. The molecule has 3 nitrogen and oxygen atoms in total. The van der Waals surface area contributed by atoms with Crippen LogP contribution in [0.15, 0.2) is 0 Å². The van der Waals surface area contributed by atoms with Crippen molar-refractivity contribution in [3.05, 3.63) is 0 Å². The molecule has 0 aromatic rings. The van der Waals surface area contributed by atoms with Gasteiger partial charge in [-0.25, -0.2) is 0 Å². The van der Waals surface area contributed by atoms with Crippen molar-refractivity contribution in [1.29, 1.82) is 0 Å². The smallest absolute Gasteiger partial charge is 0.231 e. The number of nitrogens with one attached hydrogen (secondary N) is 1. The average molecular weight is 128 g/mol. The molecule has 0 saturated heterocycles. The Morgan fingerprint density at radius 1 is 1.67 bits per heavy atom.